The minimum Gasteiger partial charge on any atom is -0.331 e. The van der Waals surface area contributed by atoms with Crippen LogP contribution in [-0.2, 0) is 24.3 Å². The minimum absolute atomic E-state index is 0.0251. The largest absolute Gasteiger partial charge is 0.331 e. The van der Waals surface area contributed by atoms with Crippen LogP contribution >= 0.6 is 0 Å². The van der Waals surface area contributed by atoms with Gasteiger partial charge in [0.1, 0.15) is 5.82 Å². The highest BCUT2D eigenvalue weighted by molar-refractivity contribution is 5.79. The van der Waals surface area contributed by atoms with Crippen LogP contribution in [0.2, 0.25) is 0 Å². The number of nitrogens with zero attached hydrogens (tertiary/aromatic N) is 4. The molecule has 0 radical (unpaired) electrons. The Morgan fingerprint density at radius 1 is 1.12 bits per heavy atom. The third-order valence-electron chi connectivity index (χ3n) is 4.44. The highest BCUT2D eigenvalue weighted by atomic mass is 16.2. The predicted octanol–water partition coefficient (Wildman–Crippen LogP) is 2.60. The number of imidazole rings is 1. The van der Waals surface area contributed by atoms with Crippen LogP contribution < -0.4 is 0 Å². The summed E-state index contributed by atoms with van der Waals surface area (Å²) in [6.45, 7) is 1.27. The number of fused-ring (bicyclic) bond motifs is 1. The zero-order valence-corrected chi connectivity index (χ0v) is 13.2. The number of hydrogen-bond donors (Lipinski definition) is 0. The van der Waals surface area contributed by atoms with E-state index in [0.717, 1.165) is 23.5 Å². The monoisotopic (exact) mass is 318 g/mol. The summed E-state index contributed by atoms with van der Waals surface area (Å²) in [6.07, 6.45) is 7.61. The van der Waals surface area contributed by atoms with Crippen molar-refractivity contribution in [2.45, 2.75) is 25.6 Å². The first-order chi connectivity index (χ1) is 11.8. The molecule has 1 atom stereocenters. The van der Waals surface area contributed by atoms with Crippen LogP contribution in [0, 0.1) is 0 Å². The molecular weight excluding hydrogens is 300 g/mol. The number of rotatable bonds is 3. The Labute approximate surface area is 140 Å². The molecule has 1 amide bonds. The van der Waals surface area contributed by atoms with Gasteiger partial charge in [0, 0.05) is 31.3 Å². The van der Waals surface area contributed by atoms with Crippen LogP contribution in [0.15, 0.2) is 67.3 Å². The van der Waals surface area contributed by atoms with Gasteiger partial charge >= 0.3 is 0 Å². The lowest BCUT2D eigenvalue weighted by Gasteiger charge is -2.36. The quantitative estimate of drug-likeness (QED) is 0.746. The van der Waals surface area contributed by atoms with Gasteiger partial charge in [0.2, 0.25) is 5.91 Å². The van der Waals surface area contributed by atoms with E-state index in [2.05, 4.69) is 26.7 Å². The molecule has 0 saturated heterocycles. The molecule has 0 aliphatic carbocycles. The summed E-state index contributed by atoms with van der Waals surface area (Å²) >= 11 is 0. The molecule has 5 nitrogen and oxygen atoms in total. The SMILES string of the molecule is O=C(Cc1cccnc1)N1Cc2nccn2C[C@@H]1c1ccccc1. The Morgan fingerprint density at radius 2 is 2.00 bits per heavy atom. The fourth-order valence-electron chi connectivity index (χ4n) is 3.21. The van der Waals surface area contributed by atoms with Crippen molar-refractivity contribution in [2.75, 3.05) is 0 Å². The van der Waals surface area contributed by atoms with E-state index in [1.54, 1.807) is 18.6 Å². The lowest BCUT2D eigenvalue weighted by atomic mass is 10.0. The smallest absolute Gasteiger partial charge is 0.228 e. The molecule has 1 aliphatic heterocycles. The molecule has 0 bridgehead atoms. The zero-order valence-electron chi connectivity index (χ0n) is 13.2. The van der Waals surface area contributed by atoms with Crippen LogP contribution in [0.3, 0.4) is 0 Å². The average Bonchev–Trinajstić information content (AvgIpc) is 3.10. The van der Waals surface area contributed by atoms with Crippen molar-refractivity contribution in [1.82, 2.24) is 19.4 Å². The molecule has 24 heavy (non-hydrogen) atoms. The first kappa shape index (κ1) is 14.6. The van der Waals surface area contributed by atoms with Crippen LogP contribution in [0.5, 0.6) is 0 Å². The highest BCUT2D eigenvalue weighted by Crippen LogP contribution is 2.29. The van der Waals surface area contributed by atoms with E-state index in [4.69, 9.17) is 0 Å². The molecule has 0 spiro atoms. The lowest BCUT2D eigenvalue weighted by molar-refractivity contribution is -0.135. The molecule has 1 aromatic carbocycles. The number of aromatic nitrogens is 3. The van der Waals surface area contributed by atoms with Crippen LogP contribution in [-0.4, -0.2) is 25.3 Å². The van der Waals surface area contributed by atoms with Gasteiger partial charge in [-0.15, -0.1) is 0 Å². The fourth-order valence-corrected chi connectivity index (χ4v) is 3.21. The molecular formula is C19H18N4O. The molecule has 0 N–H and O–H groups in total. The summed E-state index contributed by atoms with van der Waals surface area (Å²) < 4.78 is 2.13. The van der Waals surface area contributed by atoms with Crippen LogP contribution in [0.25, 0.3) is 0 Å². The van der Waals surface area contributed by atoms with Gasteiger partial charge in [-0.1, -0.05) is 36.4 Å². The van der Waals surface area contributed by atoms with E-state index in [-0.39, 0.29) is 11.9 Å². The average molecular weight is 318 g/mol. The van der Waals surface area contributed by atoms with Crippen molar-refractivity contribution in [3.63, 3.8) is 0 Å². The summed E-state index contributed by atoms with van der Waals surface area (Å²) in [5.41, 5.74) is 2.08. The van der Waals surface area contributed by atoms with Gasteiger partial charge in [-0.05, 0) is 17.2 Å². The second kappa shape index (κ2) is 6.28. The standard InChI is InChI=1S/C19H18N4O/c24-19(11-15-5-4-8-20-12-15)23-14-18-21-9-10-22(18)13-17(23)16-6-2-1-3-7-16/h1-10,12,17H,11,13-14H2/t17-/m1/s1. The molecule has 3 heterocycles. The van der Waals surface area contributed by atoms with Gasteiger partial charge in [-0.3, -0.25) is 9.78 Å². The van der Waals surface area contributed by atoms with Gasteiger partial charge in [-0.25, -0.2) is 4.98 Å². The molecule has 1 aliphatic rings. The van der Waals surface area contributed by atoms with Gasteiger partial charge in [0.05, 0.1) is 19.0 Å². The van der Waals surface area contributed by atoms with Gasteiger partial charge in [0.25, 0.3) is 0 Å². The maximum Gasteiger partial charge on any atom is 0.228 e. The van der Waals surface area contributed by atoms with Crippen molar-refractivity contribution in [3.8, 4) is 0 Å². The van der Waals surface area contributed by atoms with Crippen molar-refractivity contribution in [1.29, 1.82) is 0 Å². The van der Waals surface area contributed by atoms with E-state index in [9.17, 15) is 4.79 Å². The second-order valence-electron chi connectivity index (χ2n) is 5.98. The number of carbonyl (C=O) groups is 1. The summed E-state index contributed by atoms with van der Waals surface area (Å²) in [5, 5.41) is 0. The van der Waals surface area contributed by atoms with Crippen molar-refractivity contribution < 1.29 is 4.79 Å². The third-order valence-corrected chi connectivity index (χ3v) is 4.44. The molecule has 3 aromatic rings. The Balaban J connectivity index is 1.64. The first-order valence-electron chi connectivity index (χ1n) is 8.04. The molecule has 2 aromatic heterocycles. The minimum atomic E-state index is 0.0251. The lowest BCUT2D eigenvalue weighted by Crippen LogP contribution is -2.41. The van der Waals surface area contributed by atoms with Gasteiger partial charge in [-0.2, -0.15) is 0 Å². The van der Waals surface area contributed by atoms with E-state index in [1.165, 1.54) is 0 Å². The molecule has 0 unspecified atom stereocenters. The second-order valence-corrected chi connectivity index (χ2v) is 5.98. The maximum absolute atomic E-state index is 12.9. The van der Waals surface area contributed by atoms with Crippen molar-refractivity contribution in [2.24, 2.45) is 0 Å². The first-order valence-corrected chi connectivity index (χ1v) is 8.04. The Bertz CT molecular complexity index is 829. The predicted molar refractivity (Wildman–Crippen MR) is 89.9 cm³/mol. The number of benzene rings is 1. The van der Waals surface area contributed by atoms with E-state index >= 15 is 0 Å². The Kier molecular flexibility index (Phi) is 3.83. The third kappa shape index (κ3) is 2.80. The van der Waals surface area contributed by atoms with Crippen LogP contribution in [0.1, 0.15) is 23.0 Å². The number of hydrogen-bond acceptors (Lipinski definition) is 3. The normalized spacial score (nSPS) is 16.7. The highest BCUT2D eigenvalue weighted by Gasteiger charge is 2.31. The van der Waals surface area contributed by atoms with Crippen molar-refractivity contribution >= 4 is 5.91 Å². The molecule has 5 heteroatoms. The molecule has 4 rings (SSSR count). The van der Waals surface area contributed by atoms with E-state index in [0.29, 0.717) is 13.0 Å². The topological polar surface area (TPSA) is 51.0 Å². The van der Waals surface area contributed by atoms with Crippen molar-refractivity contribution in [3.05, 3.63) is 84.2 Å². The maximum atomic E-state index is 12.9. The Hall–Kier alpha value is -2.95. The summed E-state index contributed by atoms with van der Waals surface area (Å²) in [7, 11) is 0. The van der Waals surface area contributed by atoms with Gasteiger partial charge < -0.3 is 9.47 Å². The summed E-state index contributed by atoms with van der Waals surface area (Å²) in [6, 6.07) is 14.0. The fraction of sp³-hybridized carbons (Fsp3) is 0.211. The van der Waals surface area contributed by atoms with Gasteiger partial charge in [0.15, 0.2) is 0 Å². The zero-order chi connectivity index (χ0) is 16.4. The summed E-state index contributed by atoms with van der Waals surface area (Å²) in [5.74, 6) is 1.04. The molecule has 120 valence electrons. The number of amides is 1. The van der Waals surface area contributed by atoms with E-state index in [1.807, 2.05) is 41.4 Å². The number of pyridine rings is 1. The van der Waals surface area contributed by atoms with Crippen LogP contribution in [0.4, 0.5) is 0 Å². The molecule has 0 fully saturated rings. The number of carbonyl (C=O) groups excluding carboxylic acids is 1. The Morgan fingerprint density at radius 3 is 2.79 bits per heavy atom. The summed E-state index contributed by atoms with van der Waals surface area (Å²) in [4.78, 5) is 23.4. The van der Waals surface area contributed by atoms with E-state index < -0.39 is 0 Å². The molecule has 0 saturated carbocycles.